The zero-order valence-corrected chi connectivity index (χ0v) is 36.9. The van der Waals surface area contributed by atoms with Crippen LogP contribution in [0.15, 0.2) is 95.6 Å². The molecule has 0 aliphatic carbocycles. The number of nitrogens with one attached hydrogen (secondary N) is 1. The minimum Gasteiger partial charge on any atom is -0.456 e. The molecule has 4 heterocycles. The number of β-lactam (4-membered cyclic amide) rings is 1. The third kappa shape index (κ3) is 10.8. The van der Waals surface area contributed by atoms with Crippen molar-refractivity contribution in [2.45, 2.75) is 76.0 Å². The van der Waals surface area contributed by atoms with Crippen molar-refractivity contribution in [3.63, 3.8) is 0 Å². The molecule has 0 saturated carbocycles. The Bertz CT molecular complexity index is 2500. The van der Waals surface area contributed by atoms with Crippen molar-refractivity contribution in [2.75, 3.05) is 19.6 Å². The maximum Gasteiger partial charge on any atom is 0.410 e. The van der Waals surface area contributed by atoms with E-state index in [2.05, 4.69) is 5.32 Å². The van der Waals surface area contributed by atoms with E-state index in [1.54, 1.807) is 6.08 Å². The molecule has 3 saturated heterocycles. The quantitative estimate of drug-likeness (QED) is 0.0470. The molecule has 23 heteroatoms. The number of thioether (sulfide) groups is 1. The normalized spacial score (nSPS) is 22.6. The summed E-state index contributed by atoms with van der Waals surface area (Å²) in [6.07, 6.45) is 1.12. The molecule has 4 aliphatic heterocycles. The molecule has 3 aromatic rings. The molecule has 3 fully saturated rings. The van der Waals surface area contributed by atoms with Gasteiger partial charge in [-0.25, -0.2) is 14.4 Å². The van der Waals surface area contributed by atoms with Gasteiger partial charge in [-0.3, -0.25) is 39.9 Å². The number of fused-ring (bicyclic) bond motifs is 1. The number of aliphatic hydroxyl groups excluding tert-OH is 1. The second-order valence-electron chi connectivity index (χ2n) is 16.4. The van der Waals surface area contributed by atoms with Crippen molar-refractivity contribution in [1.82, 2.24) is 20.0 Å². The summed E-state index contributed by atoms with van der Waals surface area (Å²) in [4.78, 5) is 103. The van der Waals surface area contributed by atoms with Crippen LogP contribution in [0.4, 0.5) is 26.7 Å². The van der Waals surface area contributed by atoms with E-state index in [4.69, 9.17) is 14.2 Å². The van der Waals surface area contributed by atoms with Crippen LogP contribution in [-0.4, -0.2) is 114 Å². The maximum absolute atomic E-state index is 13.9. The number of benzene rings is 3. The summed E-state index contributed by atoms with van der Waals surface area (Å²) in [6.45, 7) is 3.28. The van der Waals surface area contributed by atoms with Crippen molar-refractivity contribution >= 4 is 58.8 Å². The number of nitro benzene ring substituents is 3. The Balaban J connectivity index is 1.04. The van der Waals surface area contributed by atoms with E-state index in [-0.39, 0.29) is 62.1 Å². The van der Waals surface area contributed by atoms with Crippen LogP contribution in [0.5, 0.6) is 0 Å². The topological polar surface area (TPSA) is 284 Å². The highest BCUT2D eigenvalue weighted by Crippen LogP contribution is 2.52. The fourth-order valence-corrected chi connectivity index (χ4v) is 10.0. The number of non-ortho nitro benzene ring substituents is 3. The van der Waals surface area contributed by atoms with Crippen LogP contribution in [0.2, 0.25) is 0 Å². The number of nitro groups is 3. The van der Waals surface area contributed by atoms with Gasteiger partial charge in [-0.2, -0.15) is 0 Å². The first-order chi connectivity index (χ1) is 32.0. The van der Waals surface area contributed by atoms with Gasteiger partial charge in [0.25, 0.3) is 17.1 Å². The van der Waals surface area contributed by atoms with E-state index < -0.39 is 86.1 Å². The average Bonchev–Trinajstić information content (AvgIpc) is 4.01. The number of likely N-dealkylation sites (tertiary alicyclic amines) is 2. The first-order valence-corrected chi connectivity index (χ1v) is 22.0. The molecule has 0 aromatic heterocycles. The highest BCUT2D eigenvalue weighted by molar-refractivity contribution is 8.03. The van der Waals surface area contributed by atoms with Crippen LogP contribution in [0.1, 0.15) is 43.4 Å². The minimum atomic E-state index is -1.01. The number of esters is 1. The number of ether oxygens (including phenoxy) is 3. The molecular weight excluding hydrogens is 899 g/mol. The Kier molecular flexibility index (Phi) is 14.5. The number of aliphatic hydroxyl groups is 1. The lowest BCUT2D eigenvalue weighted by Crippen LogP contribution is -2.63. The summed E-state index contributed by atoms with van der Waals surface area (Å²) < 4.78 is 16.6. The molecule has 22 nitrogen and oxygen atoms in total. The first-order valence-electron chi connectivity index (χ1n) is 21.1. The van der Waals surface area contributed by atoms with E-state index in [1.165, 1.54) is 112 Å². The molecule has 7 rings (SSSR count). The Morgan fingerprint density at radius 2 is 1.34 bits per heavy atom. The van der Waals surface area contributed by atoms with Crippen LogP contribution >= 0.6 is 11.8 Å². The number of nitrogens with zero attached hydrogens (tertiary/aromatic N) is 6. The molecule has 4 amide bonds. The number of hydrogen-bond acceptors (Lipinski definition) is 16. The highest BCUT2D eigenvalue weighted by atomic mass is 32.2. The zero-order chi connectivity index (χ0) is 48.1. The molecule has 0 radical (unpaired) electrons. The molecule has 7 atom stereocenters. The lowest BCUT2D eigenvalue weighted by molar-refractivity contribution is -0.385. The van der Waals surface area contributed by atoms with Gasteiger partial charge < -0.3 is 39.3 Å². The minimum absolute atomic E-state index is 0.000190. The van der Waals surface area contributed by atoms with Gasteiger partial charge in [0.2, 0.25) is 11.8 Å². The number of rotatable bonds is 16. The van der Waals surface area contributed by atoms with Crippen molar-refractivity contribution in [2.24, 2.45) is 11.8 Å². The Morgan fingerprint density at radius 1 is 0.821 bits per heavy atom. The van der Waals surface area contributed by atoms with Gasteiger partial charge in [-0.1, -0.05) is 13.0 Å². The van der Waals surface area contributed by atoms with Gasteiger partial charge in [0.1, 0.15) is 25.5 Å². The molecule has 67 heavy (non-hydrogen) atoms. The summed E-state index contributed by atoms with van der Waals surface area (Å²) in [5, 5.41) is 46.0. The Hall–Kier alpha value is -7.40. The van der Waals surface area contributed by atoms with Gasteiger partial charge in [0, 0.05) is 78.2 Å². The predicted molar refractivity (Wildman–Crippen MR) is 235 cm³/mol. The van der Waals surface area contributed by atoms with E-state index in [0.717, 1.165) is 0 Å². The van der Waals surface area contributed by atoms with E-state index in [0.29, 0.717) is 34.6 Å². The zero-order valence-electron chi connectivity index (χ0n) is 36.0. The summed E-state index contributed by atoms with van der Waals surface area (Å²) in [5.41, 5.74) is 1.12. The average molecular weight is 944 g/mol. The second-order valence-corrected chi connectivity index (χ2v) is 17.8. The third-order valence-corrected chi connectivity index (χ3v) is 13.5. The Morgan fingerprint density at radius 3 is 1.87 bits per heavy atom. The van der Waals surface area contributed by atoms with Gasteiger partial charge >= 0.3 is 18.2 Å². The summed E-state index contributed by atoms with van der Waals surface area (Å²) in [7, 11) is 0. The van der Waals surface area contributed by atoms with Crippen molar-refractivity contribution in [3.05, 3.63) is 143 Å². The molecule has 352 valence electrons. The van der Waals surface area contributed by atoms with Gasteiger partial charge in [0.15, 0.2) is 0 Å². The molecule has 2 N–H and O–H groups in total. The van der Waals surface area contributed by atoms with Gasteiger partial charge in [-0.05, 0) is 72.9 Å². The summed E-state index contributed by atoms with van der Waals surface area (Å²) >= 11 is 1.27. The number of alkyl carbamates (subject to hydrolysis) is 1. The van der Waals surface area contributed by atoms with Crippen LogP contribution in [0.25, 0.3) is 0 Å². The standard InChI is InChI=1S/C44H45N7O15S/c1-25-38-37(26(2)52)41(54)48(38)39(42(55)64-22-27-3-9-31(10-4-27)49(58)59)40(25)67-35-19-34(47(21-35)44(57)66-24-29-7-13-33(14-8-29)51(62)63)15-16-36(53)46-18-17-30(20-46)45-43(56)65-23-28-5-11-32(12-6-28)50(60)61/h3-16,25-26,30,34-35,37-38,52H,17-24H2,1-2H3,(H,45,56)/b16-15+/t25-,26-,30+,34+,35+,37-,38-/m1/s1. The molecular formula is C44H45N7O15S. The molecule has 0 unspecified atom stereocenters. The fourth-order valence-electron chi connectivity index (χ4n) is 8.47. The SMILES string of the molecule is C[C@@H](O)[C@H]1C(=O)N2C(C(=O)OCc3ccc([N+](=O)[O-])cc3)=C(S[C@H]3C[C@H](/C=C/C(=O)N4CC[C@H](NC(=O)OCc5ccc([N+](=O)[O-])cc5)C4)N(C(=O)OCc4ccc([N+](=O)[O-])cc4)C3)[C@H](C)[C@H]12. The lowest BCUT2D eigenvalue weighted by atomic mass is 9.79. The van der Waals surface area contributed by atoms with Crippen LogP contribution in [0, 0.1) is 42.2 Å². The third-order valence-electron chi connectivity index (χ3n) is 12.0. The van der Waals surface area contributed by atoms with E-state index in [1.807, 2.05) is 6.92 Å². The summed E-state index contributed by atoms with van der Waals surface area (Å²) in [6, 6.07) is 14.8. The Labute approximate surface area is 385 Å². The largest absolute Gasteiger partial charge is 0.456 e. The van der Waals surface area contributed by atoms with Crippen LogP contribution < -0.4 is 5.32 Å². The van der Waals surface area contributed by atoms with E-state index >= 15 is 0 Å². The smallest absolute Gasteiger partial charge is 0.410 e. The maximum atomic E-state index is 13.9. The highest BCUT2D eigenvalue weighted by Gasteiger charge is 2.60. The molecule has 3 aromatic carbocycles. The van der Waals surface area contributed by atoms with Crippen LogP contribution in [0.3, 0.4) is 0 Å². The molecule has 4 aliphatic rings. The second kappa shape index (κ2) is 20.4. The van der Waals surface area contributed by atoms with Crippen LogP contribution in [-0.2, 0) is 48.4 Å². The number of carbonyl (C=O) groups is 5. The van der Waals surface area contributed by atoms with Crippen molar-refractivity contribution in [1.29, 1.82) is 0 Å². The summed E-state index contributed by atoms with van der Waals surface area (Å²) in [5.74, 6) is -2.88. The van der Waals surface area contributed by atoms with E-state index in [9.17, 15) is 59.4 Å². The number of amides is 4. The first kappa shape index (κ1) is 47.6. The van der Waals surface area contributed by atoms with Crippen molar-refractivity contribution < 1.29 is 58.1 Å². The number of carbonyl (C=O) groups excluding carboxylic acids is 5. The van der Waals surface area contributed by atoms with Gasteiger partial charge in [0.05, 0.1) is 44.9 Å². The lowest BCUT2D eigenvalue weighted by Gasteiger charge is -2.46. The fraction of sp³-hybridized carbons (Fsp3) is 0.386. The monoisotopic (exact) mass is 943 g/mol. The molecule has 0 spiro atoms. The van der Waals surface area contributed by atoms with Crippen molar-refractivity contribution in [3.8, 4) is 0 Å². The number of hydrogen-bond donors (Lipinski definition) is 2. The van der Waals surface area contributed by atoms with Gasteiger partial charge in [-0.15, -0.1) is 11.8 Å². The molecule has 0 bridgehead atoms. The predicted octanol–water partition coefficient (Wildman–Crippen LogP) is 5.12.